The first kappa shape index (κ1) is 20.1. The molecule has 10 nitrogen and oxygen atoms in total. The van der Waals surface area contributed by atoms with E-state index in [-0.39, 0.29) is 11.8 Å². The summed E-state index contributed by atoms with van der Waals surface area (Å²) in [5.74, 6) is 0.426. The van der Waals surface area contributed by atoms with Crippen molar-refractivity contribution in [3.63, 3.8) is 0 Å². The maximum absolute atomic E-state index is 12.4. The van der Waals surface area contributed by atoms with Crippen molar-refractivity contribution >= 4 is 21.2 Å². The van der Waals surface area contributed by atoms with Crippen LogP contribution in [0.25, 0.3) is 22.3 Å². The molecular weight excluding hydrogens is 416 g/mol. The molecule has 3 aromatic heterocycles. The number of nitriles is 1. The molecule has 11 heteroatoms. The van der Waals surface area contributed by atoms with Crippen molar-refractivity contribution in [1.29, 1.82) is 5.26 Å². The monoisotopic (exact) mass is 440 g/mol. The molecule has 0 amide bonds. The lowest BCUT2D eigenvalue weighted by Gasteiger charge is -2.29. The number of hydrogen-bond acceptors (Lipinski definition) is 6. The van der Waals surface area contributed by atoms with Gasteiger partial charge in [-0.3, -0.25) is 4.68 Å². The molecule has 0 spiro atoms. The van der Waals surface area contributed by atoms with Gasteiger partial charge in [0.15, 0.2) is 0 Å². The van der Waals surface area contributed by atoms with Crippen LogP contribution in [0.5, 0.6) is 0 Å². The van der Waals surface area contributed by atoms with Crippen LogP contribution in [0.1, 0.15) is 26.2 Å². The van der Waals surface area contributed by atoms with Gasteiger partial charge in [0.1, 0.15) is 12.0 Å². The van der Waals surface area contributed by atoms with Crippen LogP contribution in [0, 0.1) is 23.2 Å². The maximum atomic E-state index is 12.4. The van der Waals surface area contributed by atoms with Crippen LogP contribution in [-0.2, 0) is 15.7 Å². The summed E-state index contributed by atoms with van der Waals surface area (Å²) in [6.45, 7) is 3.12. The number of nitrogens with one attached hydrogen (secondary N) is 2. The van der Waals surface area contributed by atoms with Gasteiger partial charge in [0.25, 0.3) is 10.2 Å². The van der Waals surface area contributed by atoms with Gasteiger partial charge in [0, 0.05) is 43.0 Å². The minimum Gasteiger partial charge on any atom is -0.346 e. The predicted octanol–water partition coefficient (Wildman–Crippen LogP) is 1.63. The molecule has 1 saturated carbocycles. The predicted molar refractivity (Wildman–Crippen MR) is 114 cm³/mol. The Morgan fingerprint density at radius 1 is 1.32 bits per heavy atom. The standard InChI is InChI=1S/C20H24N8O2S/c1-2-26-31(29,30)27-10-14-7-20(4-5-21,8-15(14)11-27)28-12-16(9-25-28)18-17-3-6-22-19(17)24-13-23-18/h3,6,9,12-15,26H,2,4,7-8,10-11H2,1H3,(H,22,23,24)/t14-,15+,20?. The quantitative estimate of drug-likeness (QED) is 0.599. The van der Waals surface area contributed by atoms with Crippen LogP contribution in [0.15, 0.2) is 31.0 Å². The Hall–Kier alpha value is -2.81. The minimum atomic E-state index is -3.43. The van der Waals surface area contributed by atoms with Gasteiger partial charge >= 0.3 is 0 Å². The zero-order chi connectivity index (χ0) is 21.6. The summed E-state index contributed by atoms with van der Waals surface area (Å²) >= 11 is 0. The molecule has 1 unspecified atom stereocenters. The van der Waals surface area contributed by atoms with E-state index in [4.69, 9.17) is 0 Å². The summed E-state index contributed by atoms with van der Waals surface area (Å²) in [6, 6.07) is 4.28. The highest BCUT2D eigenvalue weighted by Crippen LogP contribution is 2.50. The summed E-state index contributed by atoms with van der Waals surface area (Å²) in [5.41, 5.74) is 2.01. The number of nitrogens with zero attached hydrogens (tertiary/aromatic N) is 6. The molecule has 2 fully saturated rings. The van der Waals surface area contributed by atoms with Gasteiger partial charge in [-0.05, 0) is 30.7 Å². The molecule has 4 heterocycles. The number of aromatic nitrogens is 5. The fraction of sp³-hybridized carbons (Fsp3) is 0.500. The van der Waals surface area contributed by atoms with Crippen LogP contribution >= 0.6 is 0 Å². The molecule has 3 aromatic rings. The van der Waals surface area contributed by atoms with Crippen molar-refractivity contribution < 1.29 is 8.42 Å². The smallest absolute Gasteiger partial charge is 0.279 e. The van der Waals surface area contributed by atoms with Gasteiger partial charge < -0.3 is 4.98 Å². The molecule has 5 rings (SSSR count). The molecule has 1 aliphatic carbocycles. The molecule has 0 radical (unpaired) electrons. The Labute approximate surface area is 180 Å². The summed E-state index contributed by atoms with van der Waals surface area (Å²) < 4.78 is 30.8. The Morgan fingerprint density at radius 3 is 2.81 bits per heavy atom. The topological polar surface area (TPSA) is 133 Å². The van der Waals surface area contributed by atoms with Crippen molar-refractivity contribution in [3.8, 4) is 17.3 Å². The van der Waals surface area contributed by atoms with E-state index in [2.05, 4.69) is 30.8 Å². The number of H-pyrrole nitrogens is 1. The largest absolute Gasteiger partial charge is 0.346 e. The lowest BCUT2D eigenvalue weighted by molar-refractivity contribution is 0.240. The Bertz CT molecular complexity index is 1240. The van der Waals surface area contributed by atoms with Crippen molar-refractivity contribution in [2.24, 2.45) is 11.8 Å². The number of aromatic amines is 1. The molecular formula is C20H24N8O2S. The Kier molecular flexibility index (Phi) is 4.80. The first-order chi connectivity index (χ1) is 15.0. The van der Waals surface area contributed by atoms with E-state index in [1.165, 1.54) is 6.33 Å². The first-order valence-electron chi connectivity index (χ1n) is 10.4. The SMILES string of the molecule is CCNS(=O)(=O)N1C[C@@H]2CC(CC#N)(n3cc(-c4ncnc5[nH]ccc45)cn3)C[C@@H]2C1. The second-order valence-electron chi connectivity index (χ2n) is 8.44. The van der Waals surface area contributed by atoms with Crippen LogP contribution in [-0.4, -0.2) is 57.1 Å². The van der Waals surface area contributed by atoms with E-state index >= 15 is 0 Å². The number of rotatable bonds is 6. The first-order valence-corrected chi connectivity index (χ1v) is 11.8. The fourth-order valence-corrected chi connectivity index (χ4v) is 6.58. The second kappa shape index (κ2) is 7.40. The van der Waals surface area contributed by atoms with Gasteiger partial charge in [0.05, 0.1) is 29.9 Å². The Balaban J connectivity index is 1.42. The molecule has 1 aliphatic heterocycles. The fourth-order valence-electron chi connectivity index (χ4n) is 5.25. The van der Waals surface area contributed by atoms with Crippen LogP contribution in [0.4, 0.5) is 0 Å². The van der Waals surface area contributed by atoms with Gasteiger partial charge in [-0.1, -0.05) is 6.92 Å². The highest BCUT2D eigenvalue weighted by molar-refractivity contribution is 7.87. The lowest BCUT2D eigenvalue weighted by Crippen LogP contribution is -2.41. The molecule has 2 N–H and O–H groups in total. The molecule has 3 atom stereocenters. The zero-order valence-electron chi connectivity index (χ0n) is 17.2. The molecule has 31 heavy (non-hydrogen) atoms. The van der Waals surface area contributed by atoms with Gasteiger partial charge in [-0.2, -0.15) is 23.1 Å². The van der Waals surface area contributed by atoms with E-state index in [9.17, 15) is 13.7 Å². The van der Waals surface area contributed by atoms with Crippen molar-refractivity contribution in [1.82, 2.24) is 33.8 Å². The lowest BCUT2D eigenvalue weighted by atomic mass is 9.92. The van der Waals surface area contributed by atoms with E-state index in [1.807, 2.05) is 23.1 Å². The summed E-state index contributed by atoms with van der Waals surface area (Å²) in [4.78, 5) is 11.8. The third-order valence-corrected chi connectivity index (χ3v) is 8.23. The van der Waals surface area contributed by atoms with Crippen molar-refractivity contribution in [2.75, 3.05) is 19.6 Å². The average molecular weight is 441 g/mol. The van der Waals surface area contributed by atoms with E-state index in [1.54, 1.807) is 17.4 Å². The molecule has 0 bridgehead atoms. The third-order valence-electron chi connectivity index (χ3n) is 6.60. The molecule has 0 aromatic carbocycles. The minimum absolute atomic E-state index is 0.213. The summed E-state index contributed by atoms with van der Waals surface area (Å²) in [7, 11) is -3.43. The van der Waals surface area contributed by atoms with E-state index in [0.717, 1.165) is 35.1 Å². The second-order valence-corrected chi connectivity index (χ2v) is 10.2. The van der Waals surface area contributed by atoms with Crippen LogP contribution in [0.3, 0.4) is 0 Å². The normalized spacial score (nSPS) is 26.3. The van der Waals surface area contributed by atoms with Crippen LogP contribution in [0.2, 0.25) is 0 Å². The van der Waals surface area contributed by atoms with Crippen molar-refractivity contribution in [2.45, 2.75) is 31.7 Å². The van der Waals surface area contributed by atoms with Crippen LogP contribution < -0.4 is 4.72 Å². The maximum Gasteiger partial charge on any atom is 0.279 e. The van der Waals surface area contributed by atoms with E-state index < -0.39 is 15.7 Å². The highest BCUT2D eigenvalue weighted by atomic mass is 32.2. The molecule has 1 saturated heterocycles. The third kappa shape index (κ3) is 3.31. The van der Waals surface area contributed by atoms with Gasteiger partial charge in [-0.25, -0.2) is 14.7 Å². The summed E-state index contributed by atoms with van der Waals surface area (Å²) in [6.07, 6.45) is 8.89. The zero-order valence-corrected chi connectivity index (χ0v) is 18.0. The Morgan fingerprint density at radius 2 is 2.10 bits per heavy atom. The number of fused-ring (bicyclic) bond motifs is 2. The van der Waals surface area contributed by atoms with Crippen molar-refractivity contribution in [3.05, 3.63) is 31.0 Å². The molecule has 2 aliphatic rings. The average Bonchev–Trinajstić information content (AvgIpc) is 3.49. The molecule has 162 valence electrons. The van der Waals surface area contributed by atoms with E-state index in [0.29, 0.717) is 26.1 Å². The van der Waals surface area contributed by atoms with Gasteiger partial charge in [0.2, 0.25) is 0 Å². The summed E-state index contributed by atoms with van der Waals surface area (Å²) in [5, 5.41) is 15.1. The highest BCUT2D eigenvalue weighted by Gasteiger charge is 2.52. The van der Waals surface area contributed by atoms with Gasteiger partial charge in [-0.15, -0.1) is 0 Å². The number of hydrogen-bond donors (Lipinski definition) is 2.